The number of pyridine rings is 2. The van der Waals surface area contributed by atoms with E-state index in [1.165, 1.54) is 0 Å². The molecule has 4 N–H and O–H groups in total. The molecule has 2 aromatic carbocycles. The third kappa shape index (κ3) is 7.06. The topological polar surface area (TPSA) is 124 Å². The number of amides is 4. The number of hydrogen-bond donors (Lipinski definition) is 4. The molecule has 3 aliphatic carbocycles. The fourth-order valence-corrected chi connectivity index (χ4v) is 6.62. The van der Waals surface area contributed by atoms with Gasteiger partial charge in [0.25, 0.3) is 17.7 Å². The highest BCUT2D eigenvalue weighted by atomic mass is 16.2. The molecule has 47 heavy (non-hydrogen) atoms. The van der Waals surface area contributed by atoms with E-state index in [-0.39, 0.29) is 29.2 Å². The minimum absolute atomic E-state index is 0.00961. The van der Waals surface area contributed by atoms with Gasteiger partial charge in [0.2, 0.25) is 5.91 Å². The summed E-state index contributed by atoms with van der Waals surface area (Å²) >= 11 is 0. The van der Waals surface area contributed by atoms with Gasteiger partial charge in [-0.15, -0.1) is 0 Å². The molecule has 2 heterocycles. The van der Waals surface area contributed by atoms with Crippen LogP contribution >= 0.6 is 0 Å². The Labute approximate surface area is 274 Å². The molecule has 10 heteroatoms. The van der Waals surface area contributed by atoms with Crippen molar-refractivity contribution in [2.45, 2.75) is 57.5 Å². The van der Waals surface area contributed by atoms with Crippen LogP contribution in [-0.2, 0) is 18.4 Å². The van der Waals surface area contributed by atoms with Gasteiger partial charge >= 0.3 is 0 Å². The van der Waals surface area contributed by atoms with Crippen molar-refractivity contribution in [2.75, 3.05) is 16.0 Å². The van der Waals surface area contributed by atoms with Gasteiger partial charge in [-0.05, 0) is 106 Å². The van der Waals surface area contributed by atoms with Gasteiger partial charge in [0, 0.05) is 45.6 Å². The number of hydrogen-bond acceptors (Lipinski definition) is 4. The van der Waals surface area contributed by atoms with Gasteiger partial charge in [0.15, 0.2) is 24.8 Å². The second kappa shape index (κ2) is 13.2. The van der Waals surface area contributed by atoms with Crippen molar-refractivity contribution < 1.29 is 28.3 Å². The summed E-state index contributed by atoms with van der Waals surface area (Å²) in [5.74, 6) is -0.599. The number of nitrogens with zero attached hydrogens (tertiary/aromatic N) is 2. The first kappa shape index (κ1) is 31.6. The van der Waals surface area contributed by atoms with E-state index in [0.29, 0.717) is 47.3 Å². The maximum atomic E-state index is 13.5. The van der Waals surface area contributed by atoms with E-state index in [1.807, 2.05) is 59.9 Å². The lowest BCUT2D eigenvalue weighted by Crippen LogP contribution is -2.59. The first-order valence-corrected chi connectivity index (χ1v) is 16.1. The quantitative estimate of drug-likeness (QED) is 0.198. The second-order valence-corrected chi connectivity index (χ2v) is 12.7. The van der Waals surface area contributed by atoms with Crippen LogP contribution in [0.1, 0.15) is 76.5 Å². The van der Waals surface area contributed by atoms with Crippen LogP contribution in [0.2, 0.25) is 0 Å². The zero-order valence-corrected chi connectivity index (χ0v) is 26.7. The van der Waals surface area contributed by atoms with Gasteiger partial charge in [-0.1, -0.05) is 0 Å². The van der Waals surface area contributed by atoms with Crippen LogP contribution in [0.15, 0.2) is 97.6 Å². The molecule has 3 aliphatic rings. The van der Waals surface area contributed by atoms with Crippen LogP contribution in [0.5, 0.6) is 0 Å². The van der Waals surface area contributed by atoms with E-state index in [2.05, 4.69) is 21.3 Å². The normalized spacial score (nSPS) is 19.8. The highest BCUT2D eigenvalue weighted by Crippen LogP contribution is 2.53. The van der Waals surface area contributed by atoms with Crippen molar-refractivity contribution in [1.82, 2.24) is 5.32 Å². The average Bonchev–Trinajstić information content (AvgIpc) is 3.09. The van der Waals surface area contributed by atoms with E-state index >= 15 is 0 Å². The van der Waals surface area contributed by atoms with Crippen molar-refractivity contribution >= 4 is 40.7 Å². The lowest BCUT2D eigenvalue weighted by molar-refractivity contribution is -0.692. The van der Waals surface area contributed by atoms with Crippen LogP contribution in [0.4, 0.5) is 17.1 Å². The maximum Gasteiger partial charge on any atom is 0.261 e. The fourth-order valence-electron chi connectivity index (χ4n) is 6.62. The molecule has 2 aromatic heterocycles. The maximum absolute atomic E-state index is 13.5. The number of aryl methyl sites for hydroxylation is 2. The second-order valence-electron chi connectivity index (χ2n) is 12.7. The molecular weight excluding hydrogens is 592 g/mol. The van der Waals surface area contributed by atoms with Gasteiger partial charge < -0.3 is 21.3 Å². The lowest BCUT2D eigenvalue weighted by Gasteiger charge is -2.52. The zero-order valence-electron chi connectivity index (χ0n) is 26.7. The number of rotatable bonds is 9. The number of aromatic nitrogens is 2. The van der Waals surface area contributed by atoms with Crippen LogP contribution in [0.3, 0.4) is 0 Å². The smallest absolute Gasteiger partial charge is 0.261 e. The van der Waals surface area contributed by atoms with Crippen molar-refractivity contribution in [2.24, 2.45) is 12.5 Å². The number of carbonyl (C=O) groups excluding carboxylic acids is 4. The summed E-state index contributed by atoms with van der Waals surface area (Å²) in [6.07, 6.45) is 11.7. The number of benzene rings is 2. The lowest BCUT2D eigenvalue weighted by atomic mass is 9.57. The molecule has 4 aromatic rings. The van der Waals surface area contributed by atoms with Crippen LogP contribution in [0.25, 0.3) is 0 Å². The summed E-state index contributed by atoms with van der Waals surface area (Å²) in [6.45, 7) is 2.84. The monoisotopic (exact) mass is 632 g/mol. The largest absolute Gasteiger partial charge is 0.347 e. The van der Waals surface area contributed by atoms with E-state index in [1.54, 1.807) is 60.8 Å². The van der Waals surface area contributed by atoms with Crippen LogP contribution in [0, 0.1) is 5.41 Å². The van der Waals surface area contributed by atoms with Gasteiger partial charge in [0.1, 0.15) is 24.8 Å². The Morgan fingerprint density at radius 2 is 1.17 bits per heavy atom. The molecular formula is C37H40N6O4+2. The third-order valence-electron chi connectivity index (χ3n) is 9.60. The summed E-state index contributed by atoms with van der Waals surface area (Å²) in [4.78, 5) is 52.1. The molecule has 0 atom stereocenters. The summed E-state index contributed by atoms with van der Waals surface area (Å²) in [6, 6.07) is 21.1. The SMILES string of the molecule is CC[n+]1cccc(NC(=O)c2ccc(NC(=O)C34CCC(NC(=O)c5ccc(NC(=O)c6ccc[n+](C)c6)cc5)(CC3)CC4)cc2)c1. The third-order valence-corrected chi connectivity index (χ3v) is 9.60. The van der Waals surface area contributed by atoms with E-state index in [4.69, 9.17) is 0 Å². The minimum Gasteiger partial charge on any atom is -0.347 e. The molecule has 0 radical (unpaired) electrons. The fraction of sp³-hybridized carbons (Fsp3) is 0.297. The number of carbonyl (C=O) groups is 4. The highest BCUT2D eigenvalue weighted by molar-refractivity contribution is 6.05. The molecule has 3 fully saturated rings. The Morgan fingerprint density at radius 3 is 1.79 bits per heavy atom. The first-order chi connectivity index (χ1) is 22.7. The minimum atomic E-state index is -0.472. The van der Waals surface area contributed by atoms with E-state index in [9.17, 15) is 19.2 Å². The van der Waals surface area contributed by atoms with E-state index < -0.39 is 5.41 Å². The first-order valence-electron chi connectivity index (χ1n) is 16.1. The summed E-state index contributed by atoms with van der Waals surface area (Å²) < 4.78 is 3.79. The molecule has 10 nitrogen and oxygen atoms in total. The molecule has 3 saturated carbocycles. The Morgan fingerprint density at radius 1 is 0.617 bits per heavy atom. The summed E-state index contributed by atoms with van der Waals surface area (Å²) in [7, 11) is 1.86. The number of nitrogens with one attached hydrogen (secondary N) is 4. The zero-order chi connectivity index (χ0) is 33.0. The average molecular weight is 633 g/mol. The molecule has 240 valence electrons. The van der Waals surface area contributed by atoms with Crippen LogP contribution in [-0.4, -0.2) is 29.2 Å². The van der Waals surface area contributed by atoms with Gasteiger partial charge in [0.05, 0.1) is 0 Å². The highest BCUT2D eigenvalue weighted by Gasteiger charge is 2.53. The molecule has 7 rings (SSSR count). The summed E-state index contributed by atoms with van der Waals surface area (Å²) in [5.41, 5.74) is 2.74. The molecule has 0 spiro atoms. The van der Waals surface area contributed by atoms with Crippen molar-refractivity contribution in [1.29, 1.82) is 0 Å². The number of fused-ring (bicyclic) bond motifs is 3. The van der Waals surface area contributed by atoms with Crippen molar-refractivity contribution in [3.63, 3.8) is 0 Å². The predicted molar refractivity (Wildman–Crippen MR) is 178 cm³/mol. The van der Waals surface area contributed by atoms with Gasteiger partial charge in [-0.2, -0.15) is 0 Å². The van der Waals surface area contributed by atoms with Crippen molar-refractivity contribution in [3.8, 4) is 0 Å². The standard InChI is InChI=1S/C37H38N6O4/c1-3-43-23-5-7-31(25-43)39-32(44)26-8-14-30(15-9-26)40-35(47)36-16-19-37(20-17-36,21-18-36)41-34(46)27-10-12-29(13-11-27)38-33(45)28-6-4-22-42(2)24-28/h4-15,22-25H,3,16-21H2,1-2H3,(H2-2,38,39,40,41,44,45,46,47)/p+2. The van der Waals surface area contributed by atoms with Crippen molar-refractivity contribution in [3.05, 3.63) is 114 Å². The Kier molecular flexibility index (Phi) is 8.84. The van der Waals surface area contributed by atoms with Crippen LogP contribution < -0.4 is 30.4 Å². The molecule has 2 bridgehead atoms. The van der Waals surface area contributed by atoms with E-state index in [0.717, 1.165) is 31.5 Å². The van der Waals surface area contributed by atoms with Gasteiger partial charge in [-0.25, -0.2) is 9.13 Å². The molecule has 4 amide bonds. The molecule has 0 aliphatic heterocycles. The van der Waals surface area contributed by atoms with Gasteiger partial charge in [-0.3, -0.25) is 19.2 Å². The Balaban J connectivity index is 1.00. The molecule has 0 saturated heterocycles. The Hall–Kier alpha value is -5.38. The predicted octanol–water partition coefficient (Wildman–Crippen LogP) is 4.78. The summed E-state index contributed by atoms with van der Waals surface area (Å²) in [5, 5.41) is 12.1. The molecule has 0 unspecified atom stereocenters. The Bertz CT molecular complexity index is 1800. The number of anilines is 3.